The minimum absolute atomic E-state index is 0.0640. The van der Waals surface area contributed by atoms with E-state index in [4.69, 9.17) is 4.42 Å². The molecule has 2 amide bonds. The first-order valence-electron chi connectivity index (χ1n) is 11.1. The Balaban J connectivity index is 1.80. The van der Waals surface area contributed by atoms with E-state index in [2.05, 4.69) is 5.32 Å². The van der Waals surface area contributed by atoms with Crippen molar-refractivity contribution in [1.29, 1.82) is 0 Å². The number of anilines is 2. The number of hydrogen-bond donors (Lipinski definition) is 1. The molecule has 7 heteroatoms. The molecule has 4 rings (SSSR count). The molecule has 0 aliphatic heterocycles. The number of hydrogen-bond acceptors (Lipinski definition) is 4. The van der Waals surface area contributed by atoms with Crippen LogP contribution in [0.3, 0.4) is 0 Å². The minimum atomic E-state index is -0.999. The Morgan fingerprint density at radius 1 is 1.00 bits per heavy atom. The van der Waals surface area contributed by atoms with Gasteiger partial charge < -0.3 is 14.6 Å². The zero-order valence-corrected chi connectivity index (χ0v) is 18.8. The number of furan rings is 1. The molecule has 1 fully saturated rings. The van der Waals surface area contributed by atoms with Gasteiger partial charge in [-0.15, -0.1) is 0 Å². The fourth-order valence-electron chi connectivity index (χ4n) is 4.25. The number of benzene rings is 2. The lowest BCUT2D eigenvalue weighted by Crippen LogP contribution is -2.46. The SMILES string of the molecule is CN(C)c1ccc([C@H](C(=O)NC2CCCC2)N(C(=O)c2ccco2)c2cccc(F)c2)cc1. The van der Waals surface area contributed by atoms with Crippen LogP contribution < -0.4 is 15.1 Å². The summed E-state index contributed by atoms with van der Waals surface area (Å²) in [6.07, 6.45) is 5.34. The van der Waals surface area contributed by atoms with Crippen molar-refractivity contribution in [2.75, 3.05) is 23.9 Å². The summed E-state index contributed by atoms with van der Waals surface area (Å²) >= 11 is 0. The van der Waals surface area contributed by atoms with Crippen molar-refractivity contribution in [1.82, 2.24) is 5.32 Å². The molecule has 172 valence electrons. The topological polar surface area (TPSA) is 65.8 Å². The van der Waals surface area contributed by atoms with E-state index in [1.54, 1.807) is 12.1 Å². The van der Waals surface area contributed by atoms with Gasteiger partial charge in [0.1, 0.15) is 11.9 Å². The Morgan fingerprint density at radius 3 is 2.33 bits per heavy atom. The lowest BCUT2D eigenvalue weighted by Gasteiger charge is -2.32. The second-order valence-electron chi connectivity index (χ2n) is 8.51. The van der Waals surface area contributed by atoms with Crippen LogP contribution in [0, 0.1) is 5.82 Å². The van der Waals surface area contributed by atoms with Crippen LogP contribution in [0.1, 0.15) is 47.8 Å². The van der Waals surface area contributed by atoms with Gasteiger partial charge in [-0.2, -0.15) is 0 Å². The third-order valence-corrected chi connectivity index (χ3v) is 5.97. The van der Waals surface area contributed by atoms with E-state index < -0.39 is 17.8 Å². The van der Waals surface area contributed by atoms with Gasteiger partial charge in [0.2, 0.25) is 5.91 Å². The highest BCUT2D eigenvalue weighted by atomic mass is 19.1. The van der Waals surface area contributed by atoms with E-state index in [0.29, 0.717) is 5.56 Å². The zero-order chi connectivity index (χ0) is 23.4. The predicted octanol–water partition coefficient (Wildman–Crippen LogP) is 4.93. The number of nitrogens with one attached hydrogen (secondary N) is 1. The Bertz CT molecular complexity index is 1090. The maximum atomic E-state index is 14.2. The van der Waals surface area contributed by atoms with Crippen LogP contribution in [0.2, 0.25) is 0 Å². The largest absolute Gasteiger partial charge is 0.459 e. The maximum Gasteiger partial charge on any atom is 0.294 e. The van der Waals surface area contributed by atoms with E-state index in [0.717, 1.165) is 31.4 Å². The third kappa shape index (κ3) is 5.08. The van der Waals surface area contributed by atoms with E-state index in [1.807, 2.05) is 43.3 Å². The van der Waals surface area contributed by atoms with E-state index >= 15 is 0 Å². The molecule has 1 saturated carbocycles. The van der Waals surface area contributed by atoms with E-state index in [-0.39, 0.29) is 23.4 Å². The summed E-state index contributed by atoms with van der Waals surface area (Å²) in [6.45, 7) is 0. The molecule has 3 aromatic rings. The quantitative estimate of drug-likeness (QED) is 0.555. The van der Waals surface area contributed by atoms with Crippen molar-refractivity contribution >= 4 is 23.2 Å². The molecule has 1 atom stereocenters. The smallest absolute Gasteiger partial charge is 0.294 e. The molecule has 1 heterocycles. The van der Waals surface area contributed by atoms with Crippen LogP contribution in [0.15, 0.2) is 71.3 Å². The molecule has 0 radical (unpaired) electrons. The standard InChI is InChI=1S/C26H28FN3O3/c1-29(2)21-14-12-18(13-15-21)24(25(31)28-20-8-3-4-9-20)30(22-10-5-7-19(27)17-22)26(32)23-11-6-16-33-23/h5-7,10-17,20,24H,3-4,8-9H2,1-2H3,(H,28,31)/t24-/m1/s1. The molecule has 1 N–H and O–H groups in total. The second-order valence-corrected chi connectivity index (χ2v) is 8.51. The molecule has 0 unspecified atom stereocenters. The molecule has 1 aromatic heterocycles. The summed E-state index contributed by atoms with van der Waals surface area (Å²) in [5, 5.41) is 3.11. The summed E-state index contributed by atoms with van der Waals surface area (Å²) in [5.41, 5.74) is 1.86. The zero-order valence-electron chi connectivity index (χ0n) is 18.8. The van der Waals surface area contributed by atoms with Crippen LogP contribution in [-0.4, -0.2) is 32.0 Å². The first-order chi connectivity index (χ1) is 15.9. The van der Waals surface area contributed by atoms with Crippen LogP contribution in [0.25, 0.3) is 0 Å². The van der Waals surface area contributed by atoms with Gasteiger partial charge in [0.05, 0.1) is 6.26 Å². The Hall–Kier alpha value is -3.61. The van der Waals surface area contributed by atoms with Crippen molar-refractivity contribution in [3.05, 3.63) is 84.1 Å². The van der Waals surface area contributed by atoms with E-state index in [9.17, 15) is 14.0 Å². The molecule has 2 aromatic carbocycles. The minimum Gasteiger partial charge on any atom is -0.459 e. The second kappa shape index (κ2) is 9.90. The van der Waals surface area contributed by atoms with Gasteiger partial charge >= 0.3 is 0 Å². The normalized spacial score (nSPS) is 14.6. The molecular formula is C26H28FN3O3. The van der Waals surface area contributed by atoms with E-state index in [1.165, 1.54) is 35.4 Å². The van der Waals surface area contributed by atoms with Crippen LogP contribution in [-0.2, 0) is 4.79 Å². The van der Waals surface area contributed by atoms with Crippen molar-refractivity contribution in [2.45, 2.75) is 37.8 Å². The molecule has 1 aliphatic rings. The fraction of sp³-hybridized carbons (Fsp3) is 0.308. The van der Waals surface area contributed by atoms with Crippen molar-refractivity contribution < 1.29 is 18.4 Å². The lowest BCUT2D eigenvalue weighted by atomic mass is 10.0. The molecule has 0 spiro atoms. The van der Waals surface area contributed by atoms with Crippen molar-refractivity contribution in [3.63, 3.8) is 0 Å². The summed E-state index contributed by atoms with van der Waals surface area (Å²) in [5.74, 6) is -1.25. The Labute approximate surface area is 193 Å². The summed E-state index contributed by atoms with van der Waals surface area (Å²) in [4.78, 5) is 30.5. The highest BCUT2D eigenvalue weighted by Crippen LogP contribution is 2.32. The van der Waals surface area contributed by atoms with Gasteiger partial charge in [-0.25, -0.2) is 4.39 Å². The number of carbonyl (C=O) groups excluding carboxylic acids is 2. The Morgan fingerprint density at radius 2 is 1.73 bits per heavy atom. The number of amides is 2. The number of halogens is 1. The van der Waals surface area contributed by atoms with Gasteiger partial charge in [0, 0.05) is 31.5 Å². The number of nitrogens with zero attached hydrogens (tertiary/aromatic N) is 2. The molecule has 0 saturated heterocycles. The number of carbonyl (C=O) groups is 2. The lowest BCUT2D eigenvalue weighted by molar-refractivity contribution is -0.123. The van der Waals surface area contributed by atoms with Gasteiger partial charge in [0.25, 0.3) is 5.91 Å². The van der Waals surface area contributed by atoms with Crippen LogP contribution in [0.4, 0.5) is 15.8 Å². The monoisotopic (exact) mass is 449 g/mol. The van der Waals surface area contributed by atoms with Gasteiger partial charge in [-0.1, -0.05) is 31.0 Å². The van der Waals surface area contributed by atoms with Crippen LogP contribution in [0.5, 0.6) is 0 Å². The highest BCUT2D eigenvalue weighted by molar-refractivity contribution is 6.08. The summed E-state index contributed by atoms with van der Waals surface area (Å²) in [6, 6.07) is 15.4. The number of rotatable bonds is 7. The molecule has 6 nitrogen and oxygen atoms in total. The van der Waals surface area contributed by atoms with Crippen molar-refractivity contribution in [2.24, 2.45) is 0 Å². The molecule has 1 aliphatic carbocycles. The summed E-state index contributed by atoms with van der Waals surface area (Å²) in [7, 11) is 3.86. The van der Waals surface area contributed by atoms with Gasteiger partial charge in [-0.3, -0.25) is 14.5 Å². The van der Waals surface area contributed by atoms with Gasteiger partial charge in [0.15, 0.2) is 5.76 Å². The van der Waals surface area contributed by atoms with Gasteiger partial charge in [-0.05, 0) is 60.9 Å². The average Bonchev–Trinajstić information content (AvgIpc) is 3.51. The van der Waals surface area contributed by atoms with Crippen LogP contribution >= 0.6 is 0 Å². The summed E-state index contributed by atoms with van der Waals surface area (Å²) < 4.78 is 19.6. The highest BCUT2D eigenvalue weighted by Gasteiger charge is 2.36. The Kier molecular flexibility index (Phi) is 6.77. The molecule has 33 heavy (non-hydrogen) atoms. The predicted molar refractivity (Wildman–Crippen MR) is 126 cm³/mol. The fourth-order valence-corrected chi connectivity index (χ4v) is 4.25. The third-order valence-electron chi connectivity index (χ3n) is 5.97. The average molecular weight is 450 g/mol. The van der Waals surface area contributed by atoms with Crippen molar-refractivity contribution in [3.8, 4) is 0 Å². The maximum absolute atomic E-state index is 14.2. The molecule has 0 bridgehead atoms. The molecular weight excluding hydrogens is 421 g/mol. The first kappa shape index (κ1) is 22.6. The first-order valence-corrected chi connectivity index (χ1v) is 11.1.